The number of aldehydes is 1. The molecule has 4 aromatic rings. The maximum absolute atomic E-state index is 13.3. The highest BCUT2D eigenvalue weighted by Crippen LogP contribution is 2.39. The van der Waals surface area contributed by atoms with Gasteiger partial charge in [-0.05, 0) is 65.6 Å². The van der Waals surface area contributed by atoms with Crippen LogP contribution in [0.2, 0.25) is 0 Å². The van der Waals surface area contributed by atoms with Gasteiger partial charge in [-0.2, -0.15) is 0 Å². The summed E-state index contributed by atoms with van der Waals surface area (Å²) in [5.41, 5.74) is 4.66. The number of amides is 3. The lowest BCUT2D eigenvalue weighted by molar-refractivity contribution is -0.127. The number of rotatable bonds is 15. The van der Waals surface area contributed by atoms with Crippen molar-refractivity contribution in [3.8, 4) is 11.5 Å². The highest BCUT2D eigenvalue weighted by molar-refractivity contribution is 6.23. The van der Waals surface area contributed by atoms with Gasteiger partial charge in [0.15, 0.2) is 0 Å². The lowest BCUT2D eigenvalue weighted by Gasteiger charge is -2.54. The van der Waals surface area contributed by atoms with E-state index < -0.39 is 23.8 Å². The number of imide groups is 1. The minimum atomic E-state index is -1.04. The van der Waals surface area contributed by atoms with Crippen LogP contribution in [0, 0.1) is 5.41 Å². The van der Waals surface area contributed by atoms with Crippen LogP contribution >= 0.6 is 0 Å². The number of likely N-dealkylation sites (N-methyl/N-ethyl adjacent to an activating group) is 1. The van der Waals surface area contributed by atoms with Crippen molar-refractivity contribution < 1.29 is 33.4 Å². The zero-order valence-electron chi connectivity index (χ0n) is 31.9. The van der Waals surface area contributed by atoms with Gasteiger partial charge in [-0.1, -0.05) is 44.2 Å². The number of carbonyl (C=O) groups is 4. The van der Waals surface area contributed by atoms with Crippen molar-refractivity contribution in [2.45, 2.75) is 57.4 Å². The first-order chi connectivity index (χ1) is 27.1. The first kappa shape index (κ1) is 37.3. The molecule has 8 rings (SSSR count). The maximum Gasteiger partial charge on any atom is 0.262 e. The minimum Gasteiger partial charge on any atom is -0.488 e. The van der Waals surface area contributed by atoms with E-state index in [2.05, 4.69) is 58.2 Å². The molecule has 3 aromatic carbocycles. The van der Waals surface area contributed by atoms with E-state index in [1.165, 1.54) is 12.6 Å². The van der Waals surface area contributed by atoms with Gasteiger partial charge < -0.3 is 29.2 Å². The highest BCUT2D eigenvalue weighted by atomic mass is 16.5. The summed E-state index contributed by atoms with van der Waals surface area (Å²) in [6.07, 6.45) is 2.64. The van der Waals surface area contributed by atoms with Gasteiger partial charge >= 0.3 is 0 Å². The Labute approximate surface area is 325 Å². The third-order valence-electron chi connectivity index (χ3n) is 11.4. The molecular weight excluding hydrogens is 713 g/mol. The van der Waals surface area contributed by atoms with Crippen LogP contribution in [0.1, 0.15) is 69.8 Å². The summed E-state index contributed by atoms with van der Waals surface area (Å²) >= 11 is 0. The molecule has 0 saturated carbocycles. The molecule has 3 fully saturated rings. The molecule has 4 aliphatic heterocycles. The van der Waals surface area contributed by atoms with E-state index in [0.717, 1.165) is 78.6 Å². The Morgan fingerprint density at radius 3 is 2.29 bits per heavy atom. The van der Waals surface area contributed by atoms with Gasteiger partial charge in [0.1, 0.15) is 36.5 Å². The number of ether oxygens (including phenoxy) is 3. The molecule has 1 N–H and O–H groups in total. The largest absolute Gasteiger partial charge is 0.488 e. The Hall–Kier alpha value is -5.66. The van der Waals surface area contributed by atoms with E-state index in [-0.39, 0.29) is 35.5 Å². The minimum absolute atomic E-state index is 0.0277. The number of hydrogen-bond donors (Lipinski definition) is 1. The van der Waals surface area contributed by atoms with Gasteiger partial charge in [0.25, 0.3) is 11.8 Å². The van der Waals surface area contributed by atoms with Crippen molar-refractivity contribution in [2.75, 3.05) is 51.3 Å². The van der Waals surface area contributed by atoms with E-state index >= 15 is 0 Å². The molecule has 13 heteroatoms. The second-order valence-electron chi connectivity index (χ2n) is 15.8. The number of hydrogen-bond acceptors (Lipinski definition) is 11. The summed E-state index contributed by atoms with van der Waals surface area (Å²) in [4.78, 5) is 64.5. The predicted octanol–water partition coefficient (Wildman–Crippen LogP) is 4.17. The molecule has 1 atom stereocenters. The van der Waals surface area contributed by atoms with Crippen molar-refractivity contribution in [3.05, 3.63) is 113 Å². The van der Waals surface area contributed by atoms with Gasteiger partial charge in [-0.15, -0.1) is 0 Å². The third-order valence-corrected chi connectivity index (χ3v) is 11.4. The molecule has 4 aliphatic rings. The normalized spacial score (nSPS) is 18.1. The Kier molecular flexibility index (Phi) is 10.1. The summed E-state index contributed by atoms with van der Waals surface area (Å²) in [7, 11) is 1.44. The average molecular weight is 759 g/mol. The molecule has 0 bridgehead atoms. The number of likely N-dealkylation sites (tertiary alicyclic amines) is 1. The summed E-state index contributed by atoms with van der Waals surface area (Å²) < 4.78 is 17.8. The average Bonchev–Trinajstić information content (AvgIpc) is 3.40. The van der Waals surface area contributed by atoms with Crippen molar-refractivity contribution >= 4 is 30.0 Å². The van der Waals surface area contributed by atoms with Crippen molar-refractivity contribution in [2.24, 2.45) is 5.41 Å². The molecule has 290 valence electrons. The smallest absolute Gasteiger partial charge is 0.262 e. The zero-order chi connectivity index (χ0) is 39.0. The van der Waals surface area contributed by atoms with Crippen LogP contribution in [-0.2, 0) is 32.9 Å². The van der Waals surface area contributed by atoms with E-state index in [0.29, 0.717) is 24.9 Å². The molecule has 1 unspecified atom stereocenters. The molecule has 13 nitrogen and oxygen atoms in total. The fourth-order valence-electron chi connectivity index (χ4n) is 7.97. The van der Waals surface area contributed by atoms with E-state index in [1.807, 2.05) is 36.4 Å². The molecule has 1 aromatic heterocycles. The van der Waals surface area contributed by atoms with Crippen LogP contribution in [0.5, 0.6) is 11.5 Å². The van der Waals surface area contributed by atoms with Crippen molar-refractivity contribution in [3.63, 3.8) is 0 Å². The van der Waals surface area contributed by atoms with E-state index in [1.54, 1.807) is 18.3 Å². The predicted molar refractivity (Wildman–Crippen MR) is 207 cm³/mol. The third kappa shape index (κ3) is 7.24. The van der Waals surface area contributed by atoms with Crippen molar-refractivity contribution in [1.29, 1.82) is 0 Å². The maximum atomic E-state index is 13.3. The number of nitrogens with one attached hydrogen (secondary N) is 1. The summed E-state index contributed by atoms with van der Waals surface area (Å²) in [5, 5.41) is 2.50. The second kappa shape index (κ2) is 15.1. The number of benzene rings is 3. The Bertz CT molecular complexity index is 2120. The zero-order valence-corrected chi connectivity index (χ0v) is 31.9. The monoisotopic (exact) mass is 758 g/mol. The standard InChI is InChI=1S/C43H46N6O7/c1-42(2,29-7-11-32(12-8-29)55-23-31-16-17-45-41(46-31)48-24-43(25-48)26-54-27-43)30-9-13-33(14-10-30)56-34-21-47(22-34)20-28-6-15-35-36(19-28)40(53)49(39(35)52)37(5-4-18-50)38(51)44-3/h6-19,34,37H,4-5,20-27H2,1-3H3,(H,44,51). The van der Waals surface area contributed by atoms with Gasteiger partial charge in [0.2, 0.25) is 11.9 Å². The second-order valence-corrected chi connectivity index (χ2v) is 15.8. The van der Waals surface area contributed by atoms with Gasteiger partial charge in [0.05, 0.1) is 35.4 Å². The van der Waals surface area contributed by atoms with Crippen LogP contribution in [0.25, 0.3) is 0 Å². The lowest BCUT2D eigenvalue weighted by atomic mass is 9.78. The number of fused-ring (bicyclic) bond motifs is 1. The topological polar surface area (TPSA) is 144 Å². The van der Waals surface area contributed by atoms with Crippen LogP contribution < -0.4 is 19.7 Å². The molecule has 3 saturated heterocycles. The molecular formula is C43H46N6O7. The SMILES string of the molecule is CNC(=O)C(CCC=O)N1C(=O)c2ccc(CN3CC(Oc4ccc(C(C)(C)c5ccc(OCc6ccnc(N7CC8(COC8)C7)n6)cc5)cc4)C3)cc2C1=O. The molecule has 3 amide bonds. The van der Waals surface area contributed by atoms with Crippen LogP contribution in [0.15, 0.2) is 79.0 Å². The van der Waals surface area contributed by atoms with E-state index in [9.17, 15) is 19.2 Å². The van der Waals surface area contributed by atoms with Gasteiger partial charge in [-0.3, -0.25) is 24.2 Å². The Morgan fingerprint density at radius 1 is 0.964 bits per heavy atom. The highest BCUT2D eigenvalue weighted by Gasteiger charge is 2.50. The molecule has 5 heterocycles. The fourth-order valence-corrected chi connectivity index (χ4v) is 7.97. The number of nitrogens with zero attached hydrogens (tertiary/aromatic N) is 5. The van der Waals surface area contributed by atoms with Crippen LogP contribution in [0.3, 0.4) is 0 Å². The molecule has 0 radical (unpaired) electrons. The number of carbonyl (C=O) groups excluding carboxylic acids is 4. The van der Waals surface area contributed by atoms with E-state index in [4.69, 9.17) is 19.2 Å². The summed E-state index contributed by atoms with van der Waals surface area (Å²) in [6, 6.07) is 22.6. The van der Waals surface area contributed by atoms with Crippen LogP contribution in [-0.4, -0.2) is 102 Å². The van der Waals surface area contributed by atoms with Gasteiger partial charge in [-0.25, -0.2) is 9.97 Å². The first-order valence-electron chi connectivity index (χ1n) is 19.1. The number of aromatic nitrogens is 2. The summed E-state index contributed by atoms with van der Waals surface area (Å²) in [5.74, 6) is 0.818. The van der Waals surface area contributed by atoms with Gasteiger partial charge in [0, 0.05) is 57.8 Å². The fraction of sp³-hybridized carbons (Fsp3) is 0.395. The Morgan fingerprint density at radius 2 is 1.64 bits per heavy atom. The summed E-state index contributed by atoms with van der Waals surface area (Å²) in [6.45, 7) is 10.3. The Balaban J connectivity index is 0.810. The molecule has 1 spiro atoms. The van der Waals surface area contributed by atoms with Crippen LogP contribution in [0.4, 0.5) is 5.95 Å². The molecule has 56 heavy (non-hydrogen) atoms. The number of anilines is 1. The molecule has 0 aliphatic carbocycles. The van der Waals surface area contributed by atoms with Crippen molar-refractivity contribution in [1.82, 2.24) is 25.1 Å². The first-order valence-corrected chi connectivity index (χ1v) is 19.1. The quantitative estimate of drug-likeness (QED) is 0.138. The lowest BCUT2D eigenvalue weighted by Crippen LogP contribution is -2.66.